The Morgan fingerprint density at radius 1 is 1.18 bits per heavy atom. The number of unbranched alkanes of at least 4 members (excludes halogenated alkanes) is 1. The molecule has 4 atom stereocenters. The van der Waals surface area contributed by atoms with Gasteiger partial charge in [-0.05, 0) is 100 Å². The predicted octanol–water partition coefficient (Wildman–Crippen LogP) is 5.18. The predicted molar refractivity (Wildman–Crippen MR) is 148 cm³/mol. The zero-order chi connectivity index (χ0) is 26.5. The van der Waals surface area contributed by atoms with Crippen LogP contribution in [0, 0.1) is 0 Å². The summed E-state index contributed by atoms with van der Waals surface area (Å²) in [5.74, 6) is 0.864. The van der Waals surface area contributed by atoms with Crippen LogP contribution in [0.25, 0.3) is 0 Å². The molecule has 38 heavy (non-hydrogen) atoms. The summed E-state index contributed by atoms with van der Waals surface area (Å²) in [6.07, 6.45) is 9.47. The van der Waals surface area contributed by atoms with Crippen LogP contribution in [0.5, 0.6) is 0 Å². The van der Waals surface area contributed by atoms with E-state index in [1.54, 1.807) is 0 Å². The van der Waals surface area contributed by atoms with Gasteiger partial charge in [-0.1, -0.05) is 24.3 Å². The maximum absolute atomic E-state index is 13.1. The first-order valence-electron chi connectivity index (χ1n) is 14.4. The van der Waals surface area contributed by atoms with Crippen molar-refractivity contribution in [3.05, 3.63) is 58.3 Å². The Morgan fingerprint density at radius 2 is 2.08 bits per heavy atom. The van der Waals surface area contributed by atoms with Crippen molar-refractivity contribution in [1.29, 1.82) is 0 Å². The van der Waals surface area contributed by atoms with Crippen molar-refractivity contribution in [3.63, 3.8) is 0 Å². The van der Waals surface area contributed by atoms with Crippen LogP contribution in [0.15, 0.2) is 30.3 Å². The first kappa shape index (κ1) is 27.1. The second kappa shape index (κ2) is 12.6. The van der Waals surface area contributed by atoms with Gasteiger partial charge in [0.2, 0.25) is 0 Å². The zero-order valence-corrected chi connectivity index (χ0v) is 23.2. The third-order valence-electron chi connectivity index (χ3n) is 8.57. The SMILES string of the molecule is COC(=O)C(c1cccc2c1[C@H](C)OCC2)N(C)[C@H]1CC[C@H](OCCCCc2ccc3c(n2)NCCC3)C1. The normalized spacial score (nSPS) is 23.4. The molecule has 206 valence electrons. The fourth-order valence-corrected chi connectivity index (χ4v) is 6.45. The van der Waals surface area contributed by atoms with Crippen LogP contribution in [-0.4, -0.2) is 61.9 Å². The molecule has 1 aromatic heterocycles. The standard InChI is InChI=1S/C31H43N3O4/c1-21-28-22(16-19-37-21)8-6-11-27(28)29(31(35)36-3)34(2)25-14-15-26(20-25)38-18-5-4-10-24-13-12-23-9-7-17-32-30(23)33-24/h6,8,11-13,21,25-26,29H,4-5,7,9-10,14-20H2,1-3H3,(H,32,33)/t21-,25-,26-,29?/m0/s1. The molecule has 7 nitrogen and oxygen atoms in total. The average Bonchev–Trinajstić information content (AvgIpc) is 3.42. The number of benzene rings is 1. The molecule has 7 heteroatoms. The van der Waals surface area contributed by atoms with Crippen molar-refractivity contribution in [1.82, 2.24) is 9.88 Å². The molecule has 2 aliphatic heterocycles. The lowest BCUT2D eigenvalue weighted by atomic mass is 9.88. The second-order valence-electron chi connectivity index (χ2n) is 11.0. The first-order chi connectivity index (χ1) is 18.5. The van der Waals surface area contributed by atoms with Gasteiger partial charge in [0.05, 0.1) is 25.9 Å². The lowest BCUT2D eigenvalue weighted by Gasteiger charge is -2.35. The van der Waals surface area contributed by atoms with E-state index >= 15 is 0 Å². The zero-order valence-electron chi connectivity index (χ0n) is 23.2. The molecule has 0 radical (unpaired) electrons. The minimum absolute atomic E-state index is 0.0251. The van der Waals surface area contributed by atoms with E-state index in [1.807, 2.05) is 0 Å². The number of aromatic nitrogens is 1. The van der Waals surface area contributed by atoms with Crippen molar-refractivity contribution < 1.29 is 19.0 Å². The Hall–Kier alpha value is -2.48. The number of methoxy groups -OCH3 is 1. The Morgan fingerprint density at radius 3 is 2.95 bits per heavy atom. The van der Waals surface area contributed by atoms with E-state index in [4.69, 9.17) is 19.2 Å². The number of ether oxygens (including phenoxy) is 3. The molecule has 0 saturated heterocycles. The molecule has 1 saturated carbocycles. The number of nitrogens with one attached hydrogen (secondary N) is 1. The van der Waals surface area contributed by atoms with Crippen LogP contribution in [0.4, 0.5) is 5.82 Å². The van der Waals surface area contributed by atoms with E-state index in [1.165, 1.54) is 24.7 Å². The van der Waals surface area contributed by atoms with E-state index in [0.717, 1.165) is 93.8 Å². The van der Waals surface area contributed by atoms with Crippen LogP contribution in [0.3, 0.4) is 0 Å². The van der Waals surface area contributed by atoms with Crippen LogP contribution in [0.2, 0.25) is 0 Å². The highest BCUT2D eigenvalue weighted by atomic mass is 16.5. The highest BCUT2D eigenvalue weighted by molar-refractivity contribution is 5.78. The number of nitrogens with zero attached hydrogens (tertiary/aromatic N) is 2. The number of pyridine rings is 1. The van der Waals surface area contributed by atoms with Gasteiger partial charge in [-0.3, -0.25) is 4.90 Å². The molecule has 0 amide bonds. The number of carbonyl (C=O) groups is 1. The van der Waals surface area contributed by atoms with E-state index in [9.17, 15) is 4.79 Å². The van der Waals surface area contributed by atoms with Crippen molar-refractivity contribution in [2.75, 3.05) is 39.2 Å². The number of carbonyl (C=O) groups excluding carboxylic acids is 1. The molecule has 5 rings (SSSR count). The Labute approximate surface area is 227 Å². The van der Waals surface area contributed by atoms with Gasteiger partial charge in [0.25, 0.3) is 0 Å². The summed E-state index contributed by atoms with van der Waals surface area (Å²) in [6.45, 7) is 4.59. The minimum Gasteiger partial charge on any atom is -0.468 e. The van der Waals surface area contributed by atoms with Gasteiger partial charge < -0.3 is 19.5 Å². The highest BCUT2D eigenvalue weighted by Crippen LogP contribution is 2.38. The van der Waals surface area contributed by atoms with E-state index in [0.29, 0.717) is 0 Å². The van der Waals surface area contributed by atoms with Gasteiger partial charge >= 0.3 is 5.97 Å². The first-order valence-corrected chi connectivity index (χ1v) is 14.4. The molecule has 1 fully saturated rings. The summed E-state index contributed by atoms with van der Waals surface area (Å²) >= 11 is 0. The van der Waals surface area contributed by atoms with Gasteiger partial charge in [-0.15, -0.1) is 0 Å². The lowest BCUT2D eigenvalue weighted by molar-refractivity contribution is -0.147. The minimum atomic E-state index is -0.443. The summed E-state index contributed by atoms with van der Waals surface area (Å²) < 4.78 is 17.5. The number of hydrogen-bond donors (Lipinski definition) is 1. The van der Waals surface area contributed by atoms with Crippen molar-refractivity contribution in [2.45, 2.75) is 89.0 Å². The summed E-state index contributed by atoms with van der Waals surface area (Å²) in [7, 11) is 3.54. The number of aryl methyl sites for hydroxylation is 2. The van der Waals surface area contributed by atoms with Crippen molar-refractivity contribution in [3.8, 4) is 0 Å². The third-order valence-corrected chi connectivity index (χ3v) is 8.57. The smallest absolute Gasteiger partial charge is 0.327 e. The summed E-state index contributed by atoms with van der Waals surface area (Å²) in [5, 5.41) is 3.43. The fraction of sp³-hybridized carbons (Fsp3) is 0.613. The van der Waals surface area contributed by atoms with Crippen LogP contribution in [-0.2, 0) is 38.3 Å². The van der Waals surface area contributed by atoms with E-state index in [-0.39, 0.29) is 24.2 Å². The number of likely N-dealkylation sites (N-methyl/N-ethyl adjacent to an activating group) is 1. The highest BCUT2D eigenvalue weighted by Gasteiger charge is 2.38. The number of anilines is 1. The summed E-state index contributed by atoms with van der Waals surface area (Å²) in [5.41, 5.74) is 5.94. The molecule has 1 unspecified atom stereocenters. The van der Waals surface area contributed by atoms with Gasteiger partial charge in [0, 0.05) is 24.9 Å². The largest absolute Gasteiger partial charge is 0.468 e. The molecular weight excluding hydrogens is 478 g/mol. The van der Waals surface area contributed by atoms with Gasteiger partial charge in [-0.25, -0.2) is 9.78 Å². The lowest BCUT2D eigenvalue weighted by Crippen LogP contribution is -2.39. The molecule has 3 aliphatic rings. The van der Waals surface area contributed by atoms with E-state index in [2.05, 4.69) is 54.5 Å². The van der Waals surface area contributed by atoms with Crippen LogP contribution < -0.4 is 5.32 Å². The van der Waals surface area contributed by atoms with Crippen molar-refractivity contribution in [2.24, 2.45) is 0 Å². The number of hydrogen-bond acceptors (Lipinski definition) is 7. The number of rotatable bonds is 10. The van der Waals surface area contributed by atoms with Crippen molar-refractivity contribution >= 4 is 11.8 Å². The fourth-order valence-electron chi connectivity index (χ4n) is 6.45. The molecule has 1 N–H and O–H groups in total. The molecular formula is C31H43N3O4. The van der Waals surface area contributed by atoms with Gasteiger partial charge in [-0.2, -0.15) is 0 Å². The quantitative estimate of drug-likeness (QED) is 0.341. The Bertz CT molecular complexity index is 1110. The summed E-state index contributed by atoms with van der Waals surface area (Å²) in [4.78, 5) is 20.1. The number of esters is 1. The topological polar surface area (TPSA) is 72.9 Å². The second-order valence-corrected chi connectivity index (χ2v) is 11.0. The van der Waals surface area contributed by atoms with Gasteiger partial charge in [0.15, 0.2) is 0 Å². The molecule has 0 spiro atoms. The maximum Gasteiger partial charge on any atom is 0.327 e. The maximum atomic E-state index is 13.1. The molecule has 1 aliphatic carbocycles. The molecule has 1 aromatic carbocycles. The van der Waals surface area contributed by atoms with Crippen LogP contribution >= 0.6 is 0 Å². The third kappa shape index (κ3) is 6.05. The van der Waals surface area contributed by atoms with Gasteiger partial charge in [0.1, 0.15) is 11.9 Å². The monoisotopic (exact) mass is 521 g/mol. The average molecular weight is 522 g/mol. The summed E-state index contributed by atoms with van der Waals surface area (Å²) in [6, 6.07) is 10.5. The Kier molecular flexibility index (Phi) is 8.97. The number of fused-ring (bicyclic) bond motifs is 2. The molecule has 3 heterocycles. The molecule has 0 bridgehead atoms. The van der Waals surface area contributed by atoms with E-state index < -0.39 is 6.04 Å². The van der Waals surface area contributed by atoms with Crippen LogP contribution in [0.1, 0.15) is 85.5 Å². The molecule has 2 aromatic rings. The Balaban J connectivity index is 1.13.